The van der Waals surface area contributed by atoms with Gasteiger partial charge in [-0.25, -0.2) is 4.99 Å². The Labute approximate surface area is 117 Å². The van der Waals surface area contributed by atoms with Gasteiger partial charge in [0.15, 0.2) is 5.88 Å². The fraction of sp³-hybridized carbons (Fsp3) is 0.167. The molecule has 0 radical (unpaired) electrons. The third kappa shape index (κ3) is 1.95. The van der Waals surface area contributed by atoms with Crippen molar-refractivity contribution in [3.05, 3.63) is 27.9 Å². The van der Waals surface area contributed by atoms with Crippen LogP contribution in [0.3, 0.4) is 0 Å². The molecule has 0 saturated carbocycles. The van der Waals surface area contributed by atoms with Crippen molar-refractivity contribution in [3.63, 3.8) is 0 Å². The topological polar surface area (TPSA) is 104 Å². The number of aliphatic imine (C=N–C) groups is 1. The molecule has 98 valence electrons. The molecule has 0 atom stereocenters. The van der Waals surface area contributed by atoms with Crippen LogP contribution >= 0.6 is 15.9 Å². The van der Waals surface area contributed by atoms with Gasteiger partial charge in [0.05, 0.1) is 0 Å². The Morgan fingerprint density at radius 1 is 1.47 bits per heavy atom. The van der Waals surface area contributed by atoms with Crippen LogP contribution in [0.5, 0.6) is 5.88 Å². The lowest BCUT2D eigenvalue weighted by atomic mass is 9.97. The summed E-state index contributed by atoms with van der Waals surface area (Å²) in [5, 5.41) is 12.7. The molecule has 6 nitrogen and oxygen atoms in total. The summed E-state index contributed by atoms with van der Waals surface area (Å²) in [6, 6.07) is 1.66. The van der Waals surface area contributed by atoms with Gasteiger partial charge in [-0.1, -0.05) is 0 Å². The van der Waals surface area contributed by atoms with Crippen molar-refractivity contribution >= 4 is 38.9 Å². The summed E-state index contributed by atoms with van der Waals surface area (Å²) in [5.41, 5.74) is 8.17. The number of halogens is 1. The molecule has 3 heterocycles. The molecule has 1 aromatic rings. The first-order valence-electron chi connectivity index (χ1n) is 5.71. The number of aromatic nitrogens is 1. The van der Waals surface area contributed by atoms with Gasteiger partial charge in [-0.15, -0.1) is 0 Å². The van der Waals surface area contributed by atoms with E-state index >= 15 is 0 Å². The van der Waals surface area contributed by atoms with Gasteiger partial charge in [0.25, 0.3) is 5.91 Å². The Hall–Kier alpha value is -2.02. The van der Waals surface area contributed by atoms with Crippen LogP contribution in [0.1, 0.15) is 12.0 Å². The molecule has 0 bridgehead atoms. The third-order valence-corrected chi connectivity index (χ3v) is 3.49. The zero-order valence-electron chi connectivity index (χ0n) is 9.83. The molecular weight excluding hydrogens is 312 g/mol. The van der Waals surface area contributed by atoms with Crippen molar-refractivity contribution in [3.8, 4) is 5.88 Å². The fourth-order valence-corrected chi connectivity index (χ4v) is 2.69. The SMILES string of the molecule is Nc1cc(C2=C3C=C(Br)N=C3C(=O)NCC2)c(O)[nH]1. The van der Waals surface area contributed by atoms with Gasteiger partial charge in [0, 0.05) is 17.7 Å². The maximum Gasteiger partial charge on any atom is 0.270 e. The average molecular weight is 323 g/mol. The van der Waals surface area contributed by atoms with Crippen LogP contribution in [0, 0.1) is 0 Å². The van der Waals surface area contributed by atoms with Gasteiger partial charge >= 0.3 is 0 Å². The van der Waals surface area contributed by atoms with Crippen molar-refractivity contribution in [2.24, 2.45) is 4.99 Å². The predicted molar refractivity (Wildman–Crippen MR) is 75.9 cm³/mol. The van der Waals surface area contributed by atoms with Crippen molar-refractivity contribution in [2.45, 2.75) is 6.42 Å². The highest BCUT2D eigenvalue weighted by molar-refractivity contribution is 9.11. The van der Waals surface area contributed by atoms with E-state index in [2.05, 4.69) is 31.2 Å². The number of rotatable bonds is 1. The van der Waals surface area contributed by atoms with E-state index in [1.807, 2.05) is 0 Å². The molecule has 0 fully saturated rings. The van der Waals surface area contributed by atoms with E-state index in [1.54, 1.807) is 12.1 Å². The van der Waals surface area contributed by atoms with E-state index < -0.39 is 0 Å². The van der Waals surface area contributed by atoms with Gasteiger partial charge in [-0.3, -0.25) is 4.79 Å². The van der Waals surface area contributed by atoms with Crippen molar-refractivity contribution < 1.29 is 9.90 Å². The summed E-state index contributed by atoms with van der Waals surface area (Å²) in [6.45, 7) is 0.493. The van der Waals surface area contributed by atoms with E-state index in [4.69, 9.17) is 5.73 Å². The minimum absolute atomic E-state index is 0.00474. The number of nitrogens with zero attached hydrogens (tertiary/aromatic N) is 1. The van der Waals surface area contributed by atoms with Gasteiger partial charge in [0.2, 0.25) is 0 Å². The van der Waals surface area contributed by atoms with Crippen LogP contribution in [0.2, 0.25) is 0 Å². The molecule has 0 unspecified atom stereocenters. The van der Waals surface area contributed by atoms with Gasteiger partial charge in [0.1, 0.15) is 16.1 Å². The van der Waals surface area contributed by atoms with Crippen LogP contribution < -0.4 is 11.1 Å². The maximum atomic E-state index is 11.9. The molecule has 1 amide bonds. The zero-order valence-corrected chi connectivity index (χ0v) is 11.4. The first-order chi connectivity index (χ1) is 9.06. The minimum Gasteiger partial charge on any atom is -0.494 e. The van der Waals surface area contributed by atoms with Crippen LogP contribution in [0.15, 0.2) is 27.3 Å². The molecule has 0 spiro atoms. The standard InChI is InChI=1S/C12H11BrN4O2/c13-8-3-6-5(7-4-9(14)17-11(7)18)1-2-15-12(19)10(6)16-8/h3-4,17-18H,1-2,14H2,(H,15,19). The third-order valence-electron chi connectivity index (χ3n) is 3.08. The van der Waals surface area contributed by atoms with Crippen molar-refractivity contribution in [1.82, 2.24) is 10.3 Å². The van der Waals surface area contributed by atoms with Crippen LogP contribution in [-0.4, -0.2) is 28.3 Å². The molecule has 0 aliphatic carbocycles. The second-order valence-corrected chi connectivity index (χ2v) is 5.13. The van der Waals surface area contributed by atoms with Crippen molar-refractivity contribution in [2.75, 3.05) is 12.3 Å². The molecule has 5 N–H and O–H groups in total. The summed E-state index contributed by atoms with van der Waals surface area (Å²) in [5.74, 6) is 0.174. The fourth-order valence-electron chi connectivity index (χ4n) is 2.28. The number of amides is 1. The summed E-state index contributed by atoms with van der Waals surface area (Å²) in [7, 11) is 0. The Bertz CT molecular complexity index is 669. The lowest BCUT2D eigenvalue weighted by molar-refractivity contribution is -0.114. The molecule has 1 aromatic heterocycles. The average Bonchev–Trinajstić information content (AvgIpc) is 2.84. The Balaban J connectivity index is 2.20. The number of carbonyl (C=O) groups excluding carboxylic acids is 1. The van der Waals surface area contributed by atoms with Crippen LogP contribution in [0.25, 0.3) is 5.57 Å². The first kappa shape index (κ1) is 12.0. The zero-order chi connectivity index (χ0) is 13.6. The summed E-state index contributed by atoms with van der Waals surface area (Å²) < 4.78 is 0.593. The Kier molecular flexibility index (Phi) is 2.70. The number of nitrogens with two attached hydrogens (primary N) is 1. The Morgan fingerprint density at radius 3 is 2.95 bits per heavy atom. The highest BCUT2D eigenvalue weighted by atomic mass is 79.9. The number of fused-ring (bicyclic) bond motifs is 1. The highest BCUT2D eigenvalue weighted by Crippen LogP contribution is 2.36. The second kappa shape index (κ2) is 4.27. The number of allylic oxidation sites excluding steroid dienone is 1. The quantitative estimate of drug-likeness (QED) is 0.585. The largest absolute Gasteiger partial charge is 0.494 e. The van der Waals surface area contributed by atoms with Gasteiger partial charge in [-0.2, -0.15) is 0 Å². The minimum atomic E-state index is -0.210. The monoisotopic (exact) mass is 322 g/mol. The Morgan fingerprint density at radius 2 is 2.26 bits per heavy atom. The number of aromatic amines is 1. The second-order valence-electron chi connectivity index (χ2n) is 4.31. The molecule has 0 saturated heterocycles. The van der Waals surface area contributed by atoms with E-state index in [0.29, 0.717) is 34.7 Å². The van der Waals surface area contributed by atoms with Crippen molar-refractivity contribution in [1.29, 1.82) is 0 Å². The van der Waals surface area contributed by atoms with E-state index in [0.717, 1.165) is 11.1 Å². The molecular formula is C12H11BrN4O2. The molecule has 2 aliphatic rings. The molecule has 0 aromatic carbocycles. The normalized spacial score (nSPS) is 18.7. The summed E-state index contributed by atoms with van der Waals surface area (Å²) in [4.78, 5) is 18.7. The summed E-state index contributed by atoms with van der Waals surface area (Å²) in [6.07, 6.45) is 2.37. The molecule has 7 heteroatoms. The number of aromatic hydroxyl groups is 1. The van der Waals surface area contributed by atoms with E-state index in [-0.39, 0.29) is 11.8 Å². The van der Waals surface area contributed by atoms with E-state index in [9.17, 15) is 9.90 Å². The summed E-state index contributed by atoms with van der Waals surface area (Å²) >= 11 is 3.27. The lowest BCUT2D eigenvalue weighted by Crippen LogP contribution is -2.29. The number of H-pyrrole nitrogens is 1. The first-order valence-corrected chi connectivity index (χ1v) is 6.51. The maximum absolute atomic E-state index is 11.9. The van der Waals surface area contributed by atoms with Gasteiger partial charge in [-0.05, 0) is 40.1 Å². The number of nitrogens with one attached hydrogen (secondary N) is 2. The number of hydrogen-bond donors (Lipinski definition) is 4. The molecule has 2 aliphatic heterocycles. The number of hydrogen-bond acceptors (Lipinski definition) is 4. The number of carbonyl (C=O) groups is 1. The lowest BCUT2D eigenvalue weighted by Gasteiger charge is -2.06. The number of nitrogen functional groups attached to an aromatic ring is 1. The molecule has 3 rings (SSSR count). The van der Waals surface area contributed by atoms with E-state index in [1.165, 1.54) is 0 Å². The number of anilines is 1. The smallest absolute Gasteiger partial charge is 0.270 e. The molecule has 19 heavy (non-hydrogen) atoms. The predicted octanol–water partition coefficient (Wildman–Crippen LogP) is 1.27. The van der Waals surface area contributed by atoms with Gasteiger partial charge < -0.3 is 21.1 Å². The van der Waals surface area contributed by atoms with Crippen LogP contribution in [-0.2, 0) is 4.79 Å². The van der Waals surface area contributed by atoms with Crippen LogP contribution in [0.4, 0.5) is 5.82 Å². The highest BCUT2D eigenvalue weighted by Gasteiger charge is 2.28.